The highest BCUT2D eigenvalue weighted by molar-refractivity contribution is 9.10. The van der Waals surface area contributed by atoms with E-state index in [9.17, 15) is 5.26 Å². The molecule has 1 aliphatic rings. The number of allylic oxidation sites excluding steroid dienone is 1. The second-order valence-corrected chi connectivity index (χ2v) is 8.84. The summed E-state index contributed by atoms with van der Waals surface area (Å²) in [4.78, 5) is 4.76. The molecule has 0 aliphatic carbocycles. The fourth-order valence-electron chi connectivity index (χ4n) is 3.61. The Labute approximate surface area is 202 Å². The largest absolute Gasteiger partial charge is 0.454 e. The SMILES string of the molecule is N#C/C(=C\c1cc2c(cc1Br)OCO2)c1nc2ccccc2n1Cc1ccc(Cl)cc1Cl. The van der Waals surface area contributed by atoms with Crippen LogP contribution in [0.4, 0.5) is 0 Å². The van der Waals surface area contributed by atoms with Crippen molar-refractivity contribution in [2.24, 2.45) is 0 Å². The molecule has 0 atom stereocenters. The maximum absolute atomic E-state index is 10.0. The molecule has 0 saturated carbocycles. The number of para-hydroxylation sites is 2. The minimum Gasteiger partial charge on any atom is -0.454 e. The van der Waals surface area contributed by atoms with E-state index >= 15 is 0 Å². The average Bonchev–Trinajstić information content (AvgIpc) is 3.38. The van der Waals surface area contributed by atoms with Crippen LogP contribution in [0.25, 0.3) is 22.7 Å². The van der Waals surface area contributed by atoms with Crippen LogP contribution in [0.1, 0.15) is 17.0 Å². The lowest BCUT2D eigenvalue weighted by Crippen LogP contribution is -2.05. The highest BCUT2D eigenvalue weighted by atomic mass is 79.9. The molecule has 0 radical (unpaired) electrons. The average molecular weight is 527 g/mol. The molecule has 0 saturated heterocycles. The standard InChI is InChI=1S/C24H14BrCl2N3O2/c25-18-10-23-22(31-13-32-23)8-15(18)7-16(11-28)24-29-20-3-1-2-4-21(20)30(24)12-14-5-6-17(26)9-19(14)27/h1-10H,12-13H2/b16-7+. The quantitative estimate of drug-likeness (QED) is 0.270. The fraction of sp³-hybridized carbons (Fsp3) is 0.0833. The van der Waals surface area contributed by atoms with E-state index in [2.05, 4.69) is 22.0 Å². The Balaban J connectivity index is 1.65. The molecule has 2 heterocycles. The number of ether oxygens (including phenoxy) is 2. The number of imidazole rings is 1. The molecular formula is C24H14BrCl2N3O2. The second-order valence-electron chi connectivity index (χ2n) is 7.14. The van der Waals surface area contributed by atoms with E-state index in [0.717, 1.165) is 26.6 Å². The zero-order chi connectivity index (χ0) is 22.2. The van der Waals surface area contributed by atoms with Crippen LogP contribution >= 0.6 is 39.1 Å². The molecule has 1 aromatic heterocycles. The van der Waals surface area contributed by atoms with Gasteiger partial charge in [-0.3, -0.25) is 0 Å². The summed E-state index contributed by atoms with van der Waals surface area (Å²) in [6.07, 6.45) is 1.78. The summed E-state index contributed by atoms with van der Waals surface area (Å²) in [5.74, 6) is 1.85. The molecule has 5 nitrogen and oxygen atoms in total. The van der Waals surface area contributed by atoms with Gasteiger partial charge in [0.25, 0.3) is 0 Å². The second kappa shape index (κ2) is 8.51. The van der Waals surface area contributed by atoms with E-state index in [-0.39, 0.29) is 6.79 Å². The van der Waals surface area contributed by atoms with Gasteiger partial charge in [0.05, 0.1) is 23.2 Å². The van der Waals surface area contributed by atoms with Crippen molar-refractivity contribution < 1.29 is 9.47 Å². The summed E-state index contributed by atoms with van der Waals surface area (Å²) in [6.45, 7) is 0.616. The van der Waals surface area contributed by atoms with E-state index < -0.39 is 0 Å². The molecule has 8 heteroatoms. The summed E-state index contributed by atoms with van der Waals surface area (Å²) >= 11 is 16.1. The van der Waals surface area contributed by atoms with Crippen molar-refractivity contribution in [1.29, 1.82) is 5.26 Å². The van der Waals surface area contributed by atoms with Crippen molar-refractivity contribution in [3.05, 3.63) is 86.1 Å². The number of halogens is 3. The zero-order valence-electron chi connectivity index (χ0n) is 16.5. The molecule has 0 bridgehead atoms. The third-order valence-corrected chi connectivity index (χ3v) is 6.42. The Kier molecular flexibility index (Phi) is 5.56. The van der Waals surface area contributed by atoms with E-state index in [1.54, 1.807) is 18.2 Å². The third-order valence-electron chi connectivity index (χ3n) is 5.15. The van der Waals surface area contributed by atoms with Crippen LogP contribution in [0, 0.1) is 11.3 Å². The van der Waals surface area contributed by atoms with Gasteiger partial charge in [-0.2, -0.15) is 5.26 Å². The highest BCUT2D eigenvalue weighted by Crippen LogP contribution is 2.38. The topological polar surface area (TPSA) is 60.1 Å². The maximum Gasteiger partial charge on any atom is 0.231 e. The first-order valence-electron chi connectivity index (χ1n) is 9.64. The van der Waals surface area contributed by atoms with Crippen LogP contribution in [-0.4, -0.2) is 16.3 Å². The number of hydrogen-bond acceptors (Lipinski definition) is 4. The first-order chi connectivity index (χ1) is 15.5. The third kappa shape index (κ3) is 3.84. The summed E-state index contributed by atoms with van der Waals surface area (Å²) in [5.41, 5.74) is 3.76. The number of nitrogens with zero attached hydrogens (tertiary/aromatic N) is 3. The van der Waals surface area contributed by atoms with Crippen molar-refractivity contribution in [3.63, 3.8) is 0 Å². The minimum absolute atomic E-state index is 0.178. The minimum atomic E-state index is 0.178. The molecule has 1 aliphatic heterocycles. The van der Waals surface area contributed by atoms with Gasteiger partial charge in [-0.1, -0.05) is 57.3 Å². The summed E-state index contributed by atoms with van der Waals surface area (Å²) in [7, 11) is 0. The predicted octanol–water partition coefficient (Wildman–Crippen LogP) is 6.95. The van der Waals surface area contributed by atoms with Gasteiger partial charge in [0.2, 0.25) is 6.79 Å². The maximum atomic E-state index is 10.0. The Morgan fingerprint density at radius 3 is 2.69 bits per heavy atom. The number of fused-ring (bicyclic) bond motifs is 2. The fourth-order valence-corrected chi connectivity index (χ4v) is 4.51. The lowest BCUT2D eigenvalue weighted by atomic mass is 10.1. The molecule has 5 rings (SSSR count). The van der Waals surface area contributed by atoms with Crippen molar-refractivity contribution in [2.45, 2.75) is 6.54 Å². The van der Waals surface area contributed by atoms with Gasteiger partial charge in [-0.15, -0.1) is 0 Å². The van der Waals surface area contributed by atoms with Gasteiger partial charge in [0.1, 0.15) is 6.07 Å². The predicted molar refractivity (Wildman–Crippen MR) is 129 cm³/mol. The Hall–Kier alpha value is -2.98. The van der Waals surface area contributed by atoms with Gasteiger partial charge in [-0.25, -0.2) is 4.98 Å². The van der Waals surface area contributed by atoms with Crippen molar-refractivity contribution in [1.82, 2.24) is 9.55 Å². The normalized spacial score (nSPS) is 12.9. The Bertz CT molecular complexity index is 1440. The molecular weight excluding hydrogens is 513 g/mol. The molecule has 0 fully saturated rings. The van der Waals surface area contributed by atoms with Crippen LogP contribution in [0.15, 0.2) is 59.1 Å². The molecule has 0 unspecified atom stereocenters. The summed E-state index contributed by atoms with van der Waals surface area (Å²) in [6, 6.07) is 19.1. The number of benzene rings is 3. The molecule has 0 spiro atoms. The smallest absolute Gasteiger partial charge is 0.231 e. The summed E-state index contributed by atoms with van der Waals surface area (Å²) < 4.78 is 13.7. The molecule has 32 heavy (non-hydrogen) atoms. The monoisotopic (exact) mass is 525 g/mol. The van der Waals surface area contributed by atoms with Gasteiger partial charge in [0, 0.05) is 14.5 Å². The summed E-state index contributed by atoms with van der Waals surface area (Å²) in [5, 5.41) is 11.2. The first kappa shape index (κ1) is 20.9. The number of aromatic nitrogens is 2. The molecule has 4 aromatic rings. The molecule has 3 aromatic carbocycles. The Morgan fingerprint density at radius 2 is 1.91 bits per heavy atom. The van der Waals surface area contributed by atoms with Crippen LogP contribution < -0.4 is 9.47 Å². The van der Waals surface area contributed by atoms with Crippen LogP contribution in [0.2, 0.25) is 10.0 Å². The lowest BCUT2D eigenvalue weighted by Gasteiger charge is -2.11. The highest BCUT2D eigenvalue weighted by Gasteiger charge is 2.19. The van der Waals surface area contributed by atoms with E-state index in [0.29, 0.717) is 39.5 Å². The molecule has 0 amide bonds. The van der Waals surface area contributed by atoms with Crippen LogP contribution in [0.3, 0.4) is 0 Å². The van der Waals surface area contributed by atoms with Crippen LogP contribution in [0.5, 0.6) is 11.5 Å². The number of nitriles is 1. The van der Waals surface area contributed by atoms with Gasteiger partial charge < -0.3 is 14.0 Å². The number of rotatable bonds is 4. The first-order valence-corrected chi connectivity index (χ1v) is 11.2. The molecule has 0 N–H and O–H groups in total. The zero-order valence-corrected chi connectivity index (χ0v) is 19.6. The van der Waals surface area contributed by atoms with E-state index in [4.69, 9.17) is 37.7 Å². The van der Waals surface area contributed by atoms with Crippen molar-refractivity contribution in [2.75, 3.05) is 6.79 Å². The number of hydrogen-bond donors (Lipinski definition) is 0. The van der Waals surface area contributed by atoms with Crippen molar-refractivity contribution >= 4 is 61.8 Å². The van der Waals surface area contributed by atoms with Gasteiger partial charge in [-0.05, 0) is 53.6 Å². The molecule has 158 valence electrons. The van der Waals surface area contributed by atoms with Crippen molar-refractivity contribution in [3.8, 4) is 17.6 Å². The Morgan fingerprint density at radius 1 is 1.12 bits per heavy atom. The van der Waals surface area contributed by atoms with Gasteiger partial charge in [0.15, 0.2) is 17.3 Å². The van der Waals surface area contributed by atoms with E-state index in [1.807, 2.05) is 47.0 Å². The van der Waals surface area contributed by atoms with Gasteiger partial charge >= 0.3 is 0 Å². The van der Waals surface area contributed by atoms with E-state index in [1.165, 1.54) is 0 Å². The lowest BCUT2D eigenvalue weighted by molar-refractivity contribution is 0.174. The van der Waals surface area contributed by atoms with Crippen LogP contribution in [-0.2, 0) is 6.54 Å².